The number of rotatable bonds is 5. The van der Waals surface area contributed by atoms with Crippen LogP contribution in [-0.2, 0) is 27.2 Å². The summed E-state index contributed by atoms with van der Waals surface area (Å²) >= 11 is 0. The van der Waals surface area contributed by atoms with Crippen molar-refractivity contribution in [2.75, 3.05) is 6.61 Å². The summed E-state index contributed by atoms with van der Waals surface area (Å²) in [6.45, 7) is 1.45. The van der Waals surface area contributed by atoms with E-state index < -0.39 is 41.1 Å². The Morgan fingerprint density at radius 3 is 2.18 bits per heavy atom. The highest BCUT2D eigenvalue weighted by Crippen LogP contribution is 2.45. The highest BCUT2D eigenvalue weighted by Gasteiger charge is 2.52. The first-order valence-corrected chi connectivity index (χ1v) is 10.3. The van der Waals surface area contributed by atoms with Gasteiger partial charge < -0.3 is 14.8 Å². The first-order valence-electron chi connectivity index (χ1n) is 10.3. The molecule has 2 aromatic rings. The van der Waals surface area contributed by atoms with Crippen molar-refractivity contribution < 1.29 is 40.6 Å². The molecular formula is C23H21F6NO3. The van der Waals surface area contributed by atoms with Crippen molar-refractivity contribution in [2.45, 2.75) is 55.8 Å². The Labute approximate surface area is 185 Å². The number of halogens is 6. The molecule has 4 nitrogen and oxygen atoms in total. The normalized spacial score (nSPS) is 26.0. The van der Waals surface area contributed by atoms with Crippen LogP contribution in [0, 0.1) is 0 Å². The van der Waals surface area contributed by atoms with Crippen LogP contribution in [0.3, 0.4) is 0 Å². The van der Waals surface area contributed by atoms with Gasteiger partial charge in [-0.25, -0.2) is 4.79 Å². The second-order valence-corrected chi connectivity index (χ2v) is 8.54. The highest BCUT2D eigenvalue weighted by molar-refractivity contribution is 5.70. The highest BCUT2D eigenvalue weighted by atomic mass is 19.4. The van der Waals surface area contributed by atoms with Gasteiger partial charge in [-0.3, -0.25) is 0 Å². The largest absolute Gasteiger partial charge is 0.444 e. The third-order valence-corrected chi connectivity index (χ3v) is 6.29. The van der Waals surface area contributed by atoms with Gasteiger partial charge in [0.05, 0.1) is 29.9 Å². The van der Waals surface area contributed by atoms with E-state index in [1.807, 2.05) is 30.3 Å². The predicted molar refractivity (Wildman–Crippen MR) is 105 cm³/mol. The van der Waals surface area contributed by atoms with Gasteiger partial charge in [-0.05, 0) is 49.1 Å². The minimum Gasteiger partial charge on any atom is -0.444 e. The Morgan fingerprint density at radius 1 is 1.03 bits per heavy atom. The molecule has 1 heterocycles. The van der Waals surface area contributed by atoms with Crippen LogP contribution in [0.1, 0.15) is 48.1 Å². The average molecular weight is 473 g/mol. The molecule has 33 heavy (non-hydrogen) atoms. The number of carbonyl (C=O) groups excluding carboxylic acids is 1. The van der Waals surface area contributed by atoms with Crippen LogP contribution in [0.15, 0.2) is 48.5 Å². The van der Waals surface area contributed by atoms with Crippen LogP contribution in [0.25, 0.3) is 0 Å². The number of nitrogens with one attached hydrogen (secondary N) is 1. The van der Waals surface area contributed by atoms with Crippen molar-refractivity contribution in [3.05, 3.63) is 70.8 Å². The standard InChI is InChI=1S/C23H21F6NO3/c1-13(14-7-16(22(24,25)26)9-17(8-14)23(27,28)29)32-12-21(15-5-3-2-4-6-15)10-18-19(11-21)33-20(31)30-18/h2-9,13,18-19H,10-12H2,1H3,(H,30,31)/t13-,18?,19?,21+/m1/s1. The zero-order valence-electron chi connectivity index (χ0n) is 17.5. The van der Waals surface area contributed by atoms with Crippen molar-refractivity contribution in [2.24, 2.45) is 0 Å². The maximum Gasteiger partial charge on any atom is 0.416 e. The third kappa shape index (κ3) is 4.80. The number of alkyl halides is 6. The first kappa shape index (κ1) is 23.4. The zero-order chi connectivity index (χ0) is 24.0. The van der Waals surface area contributed by atoms with Crippen molar-refractivity contribution in [1.82, 2.24) is 5.32 Å². The molecule has 178 valence electrons. The van der Waals surface area contributed by atoms with E-state index in [2.05, 4.69) is 5.32 Å². The summed E-state index contributed by atoms with van der Waals surface area (Å²) in [7, 11) is 0. The number of carbonyl (C=O) groups is 1. The van der Waals surface area contributed by atoms with Gasteiger partial charge in [-0.15, -0.1) is 0 Å². The second kappa shape index (κ2) is 8.23. The topological polar surface area (TPSA) is 47.6 Å². The molecule has 2 fully saturated rings. The molecule has 2 unspecified atom stereocenters. The Kier molecular flexibility index (Phi) is 5.84. The molecule has 1 saturated heterocycles. The summed E-state index contributed by atoms with van der Waals surface area (Å²) in [6.07, 6.45) is -10.9. The molecule has 2 aliphatic rings. The fraction of sp³-hybridized carbons (Fsp3) is 0.435. The average Bonchev–Trinajstić information content (AvgIpc) is 3.26. The summed E-state index contributed by atoms with van der Waals surface area (Å²) in [6, 6.07) is 10.5. The summed E-state index contributed by atoms with van der Waals surface area (Å²) in [5.74, 6) is 0. The van der Waals surface area contributed by atoms with Gasteiger partial charge in [0.2, 0.25) is 0 Å². The van der Waals surface area contributed by atoms with Gasteiger partial charge >= 0.3 is 18.4 Å². The number of fused-ring (bicyclic) bond motifs is 1. The molecule has 4 rings (SSSR count). The third-order valence-electron chi connectivity index (χ3n) is 6.29. The summed E-state index contributed by atoms with van der Waals surface area (Å²) < 4.78 is 90.5. The Bertz CT molecular complexity index is 973. The molecule has 10 heteroatoms. The van der Waals surface area contributed by atoms with Gasteiger partial charge in [0, 0.05) is 5.41 Å². The molecule has 0 radical (unpaired) electrons. The molecule has 1 N–H and O–H groups in total. The van der Waals surface area contributed by atoms with Gasteiger partial charge in [0.15, 0.2) is 0 Å². The van der Waals surface area contributed by atoms with Crippen LogP contribution >= 0.6 is 0 Å². The first-order chi connectivity index (χ1) is 15.4. The van der Waals surface area contributed by atoms with Crippen molar-refractivity contribution in [1.29, 1.82) is 0 Å². The van der Waals surface area contributed by atoms with E-state index in [9.17, 15) is 31.1 Å². The summed E-state index contributed by atoms with van der Waals surface area (Å²) in [5, 5.41) is 2.74. The van der Waals surface area contributed by atoms with Crippen LogP contribution in [0.2, 0.25) is 0 Å². The molecule has 2 aromatic carbocycles. The molecule has 1 saturated carbocycles. The maximum atomic E-state index is 13.2. The lowest BCUT2D eigenvalue weighted by Gasteiger charge is -2.32. The smallest absolute Gasteiger partial charge is 0.416 e. The molecule has 4 atom stereocenters. The van der Waals surface area contributed by atoms with E-state index in [1.54, 1.807) is 0 Å². The summed E-state index contributed by atoms with van der Waals surface area (Å²) in [5.41, 5.74) is -2.71. The fourth-order valence-electron chi connectivity index (χ4n) is 4.58. The van der Waals surface area contributed by atoms with E-state index in [0.717, 1.165) is 5.56 Å². The van der Waals surface area contributed by atoms with Crippen LogP contribution in [0.4, 0.5) is 31.1 Å². The zero-order valence-corrected chi connectivity index (χ0v) is 17.5. The monoisotopic (exact) mass is 473 g/mol. The number of alkyl carbamates (subject to hydrolysis) is 1. The molecule has 1 aliphatic heterocycles. The molecule has 0 aromatic heterocycles. The quantitative estimate of drug-likeness (QED) is 0.541. The van der Waals surface area contributed by atoms with Crippen LogP contribution in [0.5, 0.6) is 0 Å². The van der Waals surface area contributed by atoms with Crippen molar-refractivity contribution in [3.63, 3.8) is 0 Å². The van der Waals surface area contributed by atoms with Gasteiger partial charge in [0.25, 0.3) is 0 Å². The predicted octanol–water partition coefficient (Wildman–Crippen LogP) is 6.01. The number of hydrogen-bond donors (Lipinski definition) is 1. The lowest BCUT2D eigenvalue weighted by Crippen LogP contribution is -2.34. The van der Waals surface area contributed by atoms with Crippen LogP contribution in [-0.4, -0.2) is 24.8 Å². The SMILES string of the molecule is C[C@@H](OC[C@]1(c2ccccc2)CC2NC(=O)OC2C1)c1cc(C(F)(F)F)cc(C(F)(F)F)c1. The van der Waals surface area contributed by atoms with Gasteiger partial charge in [-0.1, -0.05) is 30.3 Å². The van der Waals surface area contributed by atoms with E-state index in [4.69, 9.17) is 9.47 Å². The minimum atomic E-state index is -4.93. The lowest BCUT2D eigenvalue weighted by molar-refractivity contribution is -0.143. The molecule has 1 amide bonds. The van der Waals surface area contributed by atoms with E-state index in [1.165, 1.54) is 6.92 Å². The molecule has 1 aliphatic carbocycles. The number of ether oxygens (including phenoxy) is 2. The van der Waals surface area contributed by atoms with Gasteiger partial charge in [-0.2, -0.15) is 26.3 Å². The number of amides is 1. The lowest BCUT2D eigenvalue weighted by atomic mass is 9.79. The van der Waals surface area contributed by atoms with E-state index in [-0.39, 0.29) is 30.4 Å². The molecule has 0 spiro atoms. The van der Waals surface area contributed by atoms with Crippen molar-refractivity contribution in [3.8, 4) is 0 Å². The maximum absolute atomic E-state index is 13.2. The van der Waals surface area contributed by atoms with Gasteiger partial charge in [0.1, 0.15) is 6.10 Å². The minimum absolute atomic E-state index is 0.0298. The molecule has 0 bridgehead atoms. The van der Waals surface area contributed by atoms with Crippen LogP contribution < -0.4 is 5.32 Å². The number of hydrogen-bond acceptors (Lipinski definition) is 3. The summed E-state index contributed by atoms with van der Waals surface area (Å²) in [4.78, 5) is 11.5. The van der Waals surface area contributed by atoms with E-state index >= 15 is 0 Å². The number of benzene rings is 2. The Hall–Kier alpha value is -2.75. The Balaban J connectivity index is 1.60. The molecular weight excluding hydrogens is 452 g/mol. The fourth-order valence-corrected chi connectivity index (χ4v) is 4.58. The van der Waals surface area contributed by atoms with E-state index in [0.29, 0.717) is 25.0 Å². The Morgan fingerprint density at radius 2 is 1.64 bits per heavy atom. The van der Waals surface area contributed by atoms with Crippen molar-refractivity contribution >= 4 is 6.09 Å². The second-order valence-electron chi connectivity index (χ2n) is 8.54.